The number of pyridine rings is 1. The lowest BCUT2D eigenvalue weighted by Crippen LogP contribution is -2.14. The zero-order chi connectivity index (χ0) is 18.3. The topological polar surface area (TPSA) is 74.5 Å². The average Bonchev–Trinajstić information content (AvgIpc) is 2.99. The second-order valence-electron chi connectivity index (χ2n) is 5.94. The fourth-order valence-electron chi connectivity index (χ4n) is 3.01. The largest absolute Gasteiger partial charge is 0.364 e. The third-order valence-corrected chi connectivity index (χ3v) is 4.53. The number of fused-ring (bicyclic) bond motifs is 1. The van der Waals surface area contributed by atoms with Crippen LogP contribution in [0, 0.1) is 18.3 Å². The van der Waals surface area contributed by atoms with Crippen LogP contribution in [0.3, 0.4) is 0 Å². The fourth-order valence-corrected chi connectivity index (χ4v) is 3.14. The summed E-state index contributed by atoms with van der Waals surface area (Å²) >= 11 is 5.93. The van der Waals surface area contributed by atoms with Crippen molar-refractivity contribution in [2.75, 3.05) is 0 Å². The Bertz CT molecular complexity index is 1180. The van der Waals surface area contributed by atoms with Crippen LogP contribution < -0.4 is 5.56 Å². The molecule has 4 rings (SSSR count). The van der Waals surface area contributed by atoms with Crippen molar-refractivity contribution in [1.29, 1.82) is 5.26 Å². The molecular weight excluding hydrogens is 348 g/mol. The fraction of sp³-hybridized carbons (Fsp3) is 0.0500. The number of aromatic nitrogens is 3. The minimum Gasteiger partial charge on any atom is -0.364 e. The Balaban J connectivity index is 1.99. The van der Waals surface area contributed by atoms with Crippen LogP contribution in [0.15, 0.2) is 59.5 Å². The smallest absolute Gasteiger partial charge is 0.282 e. The Morgan fingerprint density at radius 1 is 1.19 bits per heavy atom. The molecule has 2 aliphatic rings. The number of hydrogen-bond donors (Lipinski definition) is 1. The summed E-state index contributed by atoms with van der Waals surface area (Å²) in [7, 11) is 0. The molecule has 0 saturated heterocycles. The lowest BCUT2D eigenvalue weighted by atomic mass is 9.97. The van der Waals surface area contributed by atoms with E-state index in [-0.39, 0.29) is 5.56 Å². The number of nitrogens with one attached hydrogen (secondary N) is 1. The quantitative estimate of drug-likeness (QED) is 0.583. The van der Waals surface area contributed by atoms with Crippen LogP contribution in [-0.4, -0.2) is 14.8 Å². The predicted molar refractivity (Wildman–Crippen MR) is 101 cm³/mol. The second kappa shape index (κ2) is 6.17. The van der Waals surface area contributed by atoms with Gasteiger partial charge in [-0.3, -0.25) is 4.79 Å². The van der Waals surface area contributed by atoms with Gasteiger partial charge in [-0.2, -0.15) is 15.0 Å². The van der Waals surface area contributed by atoms with E-state index < -0.39 is 0 Å². The van der Waals surface area contributed by atoms with Crippen LogP contribution in [0.1, 0.15) is 11.3 Å². The summed E-state index contributed by atoms with van der Waals surface area (Å²) in [6.45, 7) is 1.92. The highest BCUT2D eigenvalue weighted by atomic mass is 35.5. The van der Waals surface area contributed by atoms with E-state index in [0.29, 0.717) is 27.5 Å². The lowest BCUT2D eigenvalue weighted by molar-refractivity contribution is 0.858. The summed E-state index contributed by atoms with van der Waals surface area (Å²) in [6, 6.07) is 16.3. The van der Waals surface area contributed by atoms with Crippen molar-refractivity contribution in [2.24, 2.45) is 0 Å². The van der Waals surface area contributed by atoms with E-state index in [1.807, 2.05) is 19.1 Å². The summed E-state index contributed by atoms with van der Waals surface area (Å²) in [5.41, 5.74) is 4.58. The first-order valence-corrected chi connectivity index (χ1v) is 8.34. The van der Waals surface area contributed by atoms with Gasteiger partial charge in [-0.1, -0.05) is 23.7 Å². The van der Waals surface area contributed by atoms with Crippen molar-refractivity contribution in [3.05, 3.63) is 81.4 Å². The molecule has 0 fully saturated rings. The van der Waals surface area contributed by atoms with Crippen LogP contribution in [0.25, 0.3) is 28.1 Å². The molecule has 0 spiro atoms. The molecule has 0 aromatic heterocycles. The number of nitrogens with zero attached hydrogens (tertiary/aromatic N) is 3. The standard InChI is InChI=1S/C20H13ClN4O/c1-12-18(14-4-2-3-13(9-14)10-22)19-17(11-23-12)20(26)25(24-19)16-7-5-15(21)6-8-16/h2-9,11,23H,1H3. The van der Waals surface area contributed by atoms with Crippen molar-refractivity contribution in [3.63, 3.8) is 0 Å². The molecule has 0 amide bonds. The van der Waals surface area contributed by atoms with Gasteiger partial charge in [-0.05, 0) is 48.9 Å². The zero-order valence-electron chi connectivity index (χ0n) is 13.8. The first-order valence-electron chi connectivity index (χ1n) is 7.96. The molecule has 5 nitrogen and oxygen atoms in total. The molecule has 0 radical (unpaired) electrons. The maximum absolute atomic E-state index is 12.8. The molecule has 0 atom stereocenters. The van der Waals surface area contributed by atoms with E-state index in [0.717, 1.165) is 16.8 Å². The minimum atomic E-state index is -0.212. The number of aromatic amines is 1. The molecule has 26 heavy (non-hydrogen) atoms. The Labute approximate surface area is 154 Å². The molecule has 2 aromatic rings. The maximum atomic E-state index is 12.8. The van der Waals surface area contributed by atoms with Crippen molar-refractivity contribution in [1.82, 2.24) is 14.8 Å². The number of aryl methyl sites for hydroxylation is 1. The number of benzene rings is 2. The van der Waals surface area contributed by atoms with E-state index in [1.54, 1.807) is 42.6 Å². The molecule has 2 heterocycles. The van der Waals surface area contributed by atoms with Gasteiger partial charge >= 0.3 is 0 Å². The first-order chi connectivity index (χ1) is 12.6. The number of halogens is 1. The van der Waals surface area contributed by atoms with Gasteiger partial charge in [0.15, 0.2) is 0 Å². The number of rotatable bonds is 2. The van der Waals surface area contributed by atoms with Crippen molar-refractivity contribution in [2.45, 2.75) is 6.92 Å². The number of H-pyrrole nitrogens is 1. The highest BCUT2D eigenvalue weighted by Gasteiger charge is 2.22. The van der Waals surface area contributed by atoms with Gasteiger partial charge in [-0.15, -0.1) is 0 Å². The molecule has 0 aliphatic carbocycles. The van der Waals surface area contributed by atoms with E-state index in [1.165, 1.54) is 4.68 Å². The molecule has 0 bridgehead atoms. The van der Waals surface area contributed by atoms with Crippen LogP contribution >= 0.6 is 11.6 Å². The Morgan fingerprint density at radius 2 is 1.96 bits per heavy atom. The van der Waals surface area contributed by atoms with E-state index in [9.17, 15) is 10.1 Å². The van der Waals surface area contributed by atoms with Crippen LogP contribution in [-0.2, 0) is 0 Å². The molecule has 0 saturated carbocycles. The van der Waals surface area contributed by atoms with Gasteiger partial charge in [0, 0.05) is 22.5 Å². The zero-order valence-corrected chi connectivity index (χ0v) is 14.6. The van der Waals surface area contributed by atoms with Gasteiger partial charge in [-0.25, -0.2) is 0 Å². The van der Waals surface area contributed by atoms with E-state index in [4.69, 9.17) is 11.6 Å². The van der Waals surface area contributed by atoms with Gasteiger partial charge in [0.25, 0.3) is 5.56 Å². The summed E-state index contributed by atoms with van der Waals surface area (Å²) in [6.07, 6.45) is 1.67. The van der Waals surface area contributed by atoms with Crippen LogP contribution in [0.4, 0.5) is 0 Å². The Hall–Kier alpha value is -3.36. The summed E-state index contributed by atoms with van der Waals surface area (Å²) < 4.78 is 1.37. The van der Waals surface area contributed by atoms with Gasteiger partial charge in [0.05, 0.1) is 22.9 Å². The molecule has 126 valence electrons. The maximum Gasteiger partial charge on any atom is 0.282 e. The molecule has 2 aromatic carbocycles. The SMILES string of the molecule is Cc1[nH]cc2c(=O)n(-c3ccc(Cl)cc3)nc-2c1-c1cccc(C#N)c1. The second-order valence-corrected chi connectivity index (χ2v) is 6.37. The third-order valence-electron chi connectivity index (χ3n) is 4.27. The molecule has 1 N–H and O–H groups in total. The summed E-state index contributed by atoms with van der Waals surface area (Å²) in [5.74, 6) is 0. The number of hydrogen-bond acceptors (Lipinski definition) is 3. The normalized spacial score (nSPS) is 10.8. The Kier molecular flexibility index (Phi) is 3.83. The van der Waals surface area contributed by atoms with Crippen molar-refractivity contribution < 1.29 is 0 Å². The summed E-state index contributed by atoms with van der Waals surface area (Å²) in [5, 5.41) is 14.3. The summed E-state index contributed by atoms with van der Waals surface area (Å²) in [4.78, 5) is 16.0. The van der Waals surface area contributed by atoms with Crippen molar-refractivity contribution in [3.8, 4) is 34.1 Å². The molecule has 2 aliphatic heterocycles. The lowest BCUT2D eigenvalue weighted by Gasteiger charge is -2.10. The van der Waals surface area contributed by atoms with E-state index >= 15 is 0 Å². The third kappa shape index (κ3) is 2.57. The molecule has 6 heteroatoms. The predicted octanol–water partition coefficient (Wildman–Crippen LogP) is 4.17. The van der Waals surface area contributed by atoms with Crippen molar-refractivity contribution >= 4 is 11.6 Å². The molecular formula is C20H13ClN4O. The highest BCUT2D eigenvalue weighted by molar-refractivity contribution is 6.30. The van der Waals surface area contributed by atoms with Crippen LogP contribution in [0.2, 0.25) is 5.02 Å². The van der Waals surface area contributed by atoms with E-state index in [2.05, 4.69) is 16.2 Å². The van der Waals surface area contributed by atoms with Gasteiger partial charge < -0.3 is 4.98 Å². The highest BCUT2D eigenvalue weighted by Crippen LogP contribution is 2.33. The Morgan fingerprint density at radius 3 is 2.69 bits per heavy atom. The van der Waals surface area contributed by atoms with Crippen LogP contribution in [0.5, 0.6) is 0 Å². The first kappa shape index (κ1) is 16.1. The number of nitriles is 1. The minimum absolute atomic E-state index is 0.212. The van der Waals surface area contributed by atoms with Gasteiger partial charge in [0.1, 0.15) is 5.69 Å². The van der Waals surface area contributed by atoms with Gasteiger partial charge in [0.2, 0.25) is 0 Å². The average molecular weight is 361 g/mol. The monoisotopic (exact) mass is 360 g/mol. The molecule has 0 unspecified atom stereocenters.